The predicted octanol–water partition coefficient (Wildman–Crippen LogP) is 3.67. The molecule has 0 N–H and O–H groups in total. The van der Waals surface area contributed by atoms with E-state index in [4.69, 9.17) is 4.74 Å². The third-order valence-corrected chi connectivity index (χ3v) is 1.64. The Bertz CT molecular complexity index is 136. The van der Waals surface area contributed by atoms with Gasteiger partial charge in [0.15, 0.2) is 0 Å². The normalized spacial score (nSPS) is 11.3. The molecule has 70 valence electrons. The van der Waals surface area contributed by atoms with Crippen LogP contribution in [0.4, 0.5) is 0 Å². The van der Waals surface area contributed by atoms with Gasteiger partial charge in [-0.25, -0.2) is 0 Å². The van der Waals surface area contributed by atoms with Crippen molar-refractivity contribution in [2.75, 3.05) is 6.61 Å². The molecule has 0 aromatic heterocycles. The summed E-state index contributed by atoms with van der Waals surface area (Å²) in [7, 11) is 0. The molecule has 0 amide bonds. The van der Waals surface area contributed by atoms with E-state index < -0.39 is 0 Å². The van der Waals surface area contributed by atoms with Gasteiger partial charge >= 0.3 is 0 Å². The number of hydrogen-bond acceptors (Lipinski definition) is 1. The quantitative estimate of drug-likeness (QED) is 0.320. The van der Waals surface area contributed by atoms with Crippen LogP contribution in [0.2, 0.25) is 0 Å². The van der Waals surface area contributed by atoms with E-state index >= 15 is 0 Å². The van der Waals surface area contributed by atoms with Gasteiger partial charge in [-0.05, 0) is 32.3 Å². The first-order valence-corrected chi connectivity index (χ1v) is 4.74. The molecule has 0 aromatic carbocycles. The second-order valence-electron chi connectivity index (χ2n) is 2.78. The van der Waals surface area contributed by atoms with E-state index in [0.717, 1.165) is 38.0 Å². The van der Waals surface area contributed by atoms with Crippen LogP contribution in [0.15, 0.2) is 24.5 Å². The number of ether oxygens (including phenoxy) is 1. The van der Waals surface area contributed by atoms with Gasteiger partial charge in [-0.3, -0.25) is 0 Å². The molecule has 0 saturated carbocycles. The van der Waals surface area contributed by atoms with Crippen molar-refractivity contribution in [1.29, 1.82) is 0 Å². The van der Waals surface area contributed by atoms with Crippen LogP contribution >= 0.6 is 0 Å². The zero-order valence-electron chi connectivity index (χ0n) is 8.31. The Balaban J connectivity index is 3.47. The van der Waals surface area contributed by atoms with Crippen molar-refractivity contribution >= 4 is 0 Å². The molecule has 12 heavy (non-hydrogen) atoms. The van der Waals surface area contributed by atoms with Crippen LogP contribution in [0.5, 0.6) is 0 Å². The van der Waals surface area contributed by atoms with Gasteiger partial charge < -0.3 is 4.74 Å². The molecule has 0 aliphatic heterocycles. The lowest BCUT2D eigenvalue weighted by atomic mass is 10.2. The molecule has 1 nitrogen and oxygen atoms in total. The Morgan fingerprint density at radius 3 is 2.75 bits per heavy atom. The Morgan fingerprint density at radius 1 is 1.50 bits per heavy atom. The predicted molar refractivity (Wildman–Crippen MR) is 54.0 cm³/mol. The first kappa shape index (κ1) is 11.3. The molecule has 0 unspecified atom stereocenters. The zero-order chi connectivity index (χ0) is 9.23. The standard InChI is InChI=1S/C11H20O/c1-4-7-8-9-11(6-3)12-10-5-2/h4,6H,1,5,7-10H2,2-3H3. The highest BCUT2D eigenvalue weighted by atomic mass is 16.5. The lowest BCUT2D eigenvalue weighted by Gasteiger charge is -2.07. The lowest BCUT2D eigenvalue weighted by Crippen LogP contribution is -1.93. The summed E-state index contributed by atoms with van der Waals surface area (Å²) in [6, 6.07) is 0. The molecule has 0 aliphatic carbocycles. The summed E-state index contributed by atoms with van der Waals surface area (Å²) in [5.41, 5.74) is 0. The van der Waals surface area contributed by atoms with E-state index in [1.165, 1.54) is 0 Å². The van der Waals surface area contributed by atoms with Crippen molar-refractivity contribution in [1.82, 2.24) is 0 Å². The fourth-order valence-corrected chi connectivity index (χ4v) is 0.954. The topological polar surface area (TPSA) is 9.23 Å². The highest BCUT2D eigenvalue weighted by molar-refractivity contribution is 4.90. The molecule has 0 heterocycles. The second-order valence-corrected chi connectivity index (χ2v) is 2.78. The Kier molecular flexibility index (Phi) is 7.87. The average Bonchev–Trinajstić information content (AvgIpc) is 2.11. The molecule has 0 aromatic rings. The molecule has 0 aliphatic rings. The smallest absolute Gasteiger partial charge is 0.0917 e. The SMILES string of the molecule is C=CCCCC(=CC)OCCC. The van der Waals surface area contributed by atoms with Crippen LogP contribution in [0.25, 0.3) is 0 Å². The van der Waals surface area contributed by atoms with Crippen LogP contribution in [-0.4, -0.2) is 6.61 Å². The third kappa shape index (κ3) is 6.02. The molecular weight excluding hydrogens is 148 g/mol. The summed E-state index contributed by atoms with van der Waals surface area (Å²) in [6.45, 7) is 8.68. The number of hydrogen-bond donors (Lipinski definition) is 0. The van der Waals surface area contributed by atoms with Crippen LogP contribution in [0.3, 0.4) is 0 Å². The Hall–Kier alpha value is -0.720. The Labute approximate surface area is 76.1 Å². The minimum atomic E-state index is 0.841. The van der Waals surface area contributed by atoms with Gasteiger partial charge in [0.25, 0.3) is 0 Å². The lowest BCUT2D eigenvalue weighted by molar-refractivity contribution is 0.201. The van der Waals surface area contributed by atoms with Gasteiger partial charge in [0.1, 0.15) is 0 Å². The summed E-state index contributed by atoms with van der Waals surface area (Å²) in [5, 5.41) is 0. The van der Waals surface area contributed by atoms with Gasteiger partial charge in [0.2, 0.25) is 0 Å². The molecule has 0 rings (SSSR count). The molecule has 0 fully saturated rings. The maximum atomic E-state index is 5.51. The maximum absolute atomic E-state index is 5.51. The van der Waals surface area contributed by atoms with E-state index in [1.54, 1.807) is 0 Å². The van der Waals surface area contributed by atoms with E-state index in [9.17, 15) is 0 Å². The monoisotopic (exact) mass is 168 g/mol. The summed E-state index contributed by atoms with van der Waals surface area (Å²) >= 11 is 0. The minimum Gasteiger partial charge on any atom is -0.498 e. The fourth-order valence-electron chi connectivity index (χ4n) is 0.954. The van der Waals surface area contributed by atoms with E-state index in [0.29, 0.717) is 0 Å². The molecular formula is C11H20O. The van der Waals surface area contributed by atoms with E-state index in [1.807, 2.05) is 13.0 Å². The highest BCUT2D eigenvalue weighted by Gasteiger charge is 1.94. The largest absolute Gasteiger partial charge is 0.498 e. The summed E-state index contributed by atoms with van der Waals surface area (Å²) in [6.07, 6.45) is 8.35. The first-order chi connectivity index (χ1) is 5.85. The van der Waals surface area contributed by atoms with E-state index in [-0.39, 0.29) is 0 Å². The first-order valence-electron chi connectivity index (χ1n) is 4.74. The Morgan fingerprint density at radius 2 is 2.25 bits per heavy atom. The summed E-state index contributed by atoms with van der Waals surface area (Å²) in [4.78, 5) is 0. The minimum absolute atomic E-state index is 0.841. The molecule has 1 heteroatoms. The number of rotatable bonds is 7. The van der Waals surface area contributed by atoms with Gasteiger partial charge in [0.05, 0.1) is 12.4 Å². The van der Waals surface area contributed by atoms with Crippen LogP contribution < -0.4 is 0 Å². The van der Waals surface area contributed by atoms with Gasteiger partial charge in [-0.15, -0.1) is 6.58 Å². The van der Waals surface area contributed by atoms with Gasteiger partial charge in [-0.1, -0.05) is 13.0 Å². The number of unbranched alkanes of at least 4 members (excludes halogenated alkanes) is 1. The highest BCUT2D eigenvalue weighted by Crippen LogP contribution is 2.09. The van der Waals surface area contributed by atoms with Crippen molar-refractivity contribution in [2.24, 2.45) is 0 Å². The molecule has 0 spiro atoms. The maximum Gasteiger partial charge on any atom is 0.0917 e. The average molecular weight is 168 g/mol. The van der Waals surface area contributed by atoms with E-state index in [2.05, 4.69) is 19.6 Å². The fraction of sp³-hybridized carbons (Fsp3) is 0.636. The zero-order valence-corrected chi connectivity index (χ0v) is 8.31. The molecule has 0 radical (unpaired) electrons. The van der Waals surface area contributed by atoms with Crippen molar-refractivity contribution in [3.63, 3.8) is 0 Å². The molecule has 0 saturated heterocycles. The van der Waals surface area contributed by atoms with Crippen LogP contribution in [-0.2, 0) is 4.74 Å². The molecule has 0 atom stereocenters. The van der Waals surface area contributed by atoms with Crippen LogP contribution in [0, 0.1) is 0 Å². The van der Waals surface area contributed by atoms with Crippen molar-refractivity contribution in [2.45, 2.75) is 39.5 Å². The molecule has 0 bridgehead atoms. The van der Waals surface area contributed by atoms with Crippen molar-refractivity contribution in [3.05, 3.63) is 24.5 Å². The van der Waals surface area contributed by atoms with Crippen molar-refractivity contribution in [3.8, 4) is 0 Å². The number of allylic oxidation sites excluding steroid dienone is 3. The summed E-state index contributed by atoms with van der Waals surface area (Å²) < 4.78 is 5.51. The van der Waals surface area contributed by atoms with Crippen LogP contribution in [0.1, 0.15) is 39.5 Å². The summed E-state index contributed by atoms with van der Waals surface area (Å²) in [5.74, 6) is 1.12. The van der Waals surface area contributed by atoms with Crippen molar-refractivity contribution < 1.29 is 4.74 Å². The van der Waals surface area contributed by atoms with Gasteiger partial charge in [0, 0.05) is 6.42 Å². The van der Waals surface area contributed by atoms with Gasteiger partial charge in [-0.2, -0.15) is 0 Å². The second kappa shape index (κ2) is 8.38. The third-order valence-electron chi connectivity index (χ3n) is 1.64.